The van der Waals surface area contributed by atoms with Crippen LogP contribution >= 0.6 is 0 Å². The van der Waals surface area contributed by atoms with Crippen LogP contribution < -0.4 is 0 Å². The van der Waals surface area contributed by atoms with Gasteiger partial charge < -0.3 is 0 Å². The molecule has 0 fully saturated rings. The second kappa shape index (κ2) is 11.9. The molecule has 8 aromatic carbocycles. The van der Waals surface area contributed by atoms with Crippen molar-refractivity contribution in [2.45, 2.75) is 38.5 Å². The van der Waals surface area contributed by atoms with Crippen molar-refractivity contribution in [3.63, 3.8) is 0 Å². The smallest absolute Gasteiger partial charge is 0.161 e. The van der Waals surface area contributed by atoms with E-state index in [9.17, 15) is 0 Å². The van der Waals surface area contributed by atoms with Gasteiger partial charge in [-0.05, 0) is 101 Å². The highest BCUT2D eigenvalue weighted by Gasteiger charge is 2.38. The summed E-state index contributed by atoms with van der Waals surface area (Å²) in [5.41, 5.74) is 18.0. The zero-order valence-corrected chi connectivity index (χ0v) is 32.1. The summed E-state index contributed by atoms with van der Waals surface area (Å²) in [6, 6.07) is 62.0. The standard InChI is InChI=1S/C54H40N2/c1-53(2)46-21-13-12-20-41(46)42-26-24-36(31-47(42)53)50-32-49(34-15-6-5-7-16-34)55-52(56-50)45-29-28-37(39-18-10-11-19-40(39)45)35-23-25-43-44-27-22-33-14-8-9-17-38(33)51(44)54(3,4)48(43)30-35/h5-32H,1-4H3. The largest absolute Gasteiger partial charge is 0.228 e. The van der Waals surface area contributed by atoms with Gasteiger partial charge in [-0.3, -0.25) is 0 Å². The lowest BCUT2D eigenvalue weighted by atomic mass is 9.79. The number of hydrogen-bond donors (Lipinski definition) is 0. The van der Waals surface area contributed by atoms with Gasteiger partial charge in [0.15, 0.2) is 5.82 Å². The Hall–Kier alpha value is -6.64. The summed E-state index contributed by atoms with van der Waals surface area (Å²) in [4.78, 5) is 10.7. The summed E-state index contributed by atoms with van der Waals surface area (Å²) in [6.45, 7) is 9.42. The summed E-state index contributed by atoms with van der Waals surface area (Å²) in [5.74, 6) is 0.726. The van der Waals surface area contributed by atoms with Crippen molar-refractivity contribution in [1.82, 2.24) is 9.97 Å². The van der Waals surface area contributed by atoms with Gasteiger partial charge >= 0.3 is 0 Å². The van der Waals surface area contributed by atoms with E-state index in [1.54, 1.807) is 0 Å². The lowest BCUT2D eigenvalue weighted by molar-refractivity contribution is 0.660. The number of benzene rings is 8. The molecule has 0 atom stereocenters. The fourth-order valence-electron chi connectivity index (χ4n) is 9.85. The first-order valence-electron chi connectivity index (χ1n) is 19.7. The predicted molar refractivity (Wildman–Crippen MR) is 234 cm³/mol. The molecule has 0 radical (unpaired) electrons. The number of nitrogens with zero attached hydrogens (tertiary/aromatic N) is 2. The number of fused-ring (bicyclic) bond motifs is 9. The van der Waals surface area contributed by atoms with Gasteiger partial charge in [0.05, 0.1) is 11.4 Å². The van der Waals surface area contributed by atoms with E-state index < -0.39 is 0 Å². The van der Waals surface area contributed by atoms with Crippen molar-refractivity contribution in [2.75, 3.05) is 0 Å². The van der Waals surface area contributed by atoms with E-state index in [0.29, 0.717) is 0 Å². The summed E-state index contributed by atoms with van der Waals surface area (Å²) >= 11 is 0. The molecule has 0 N–H and O–H groups in total. The number of aromatic nitrogens is 2. The van der Waals surface area contributed by atoms with E-state index in [4.69, 9.17) is 9.97 Å². The summed E-state index contributed by atoms with van der Waals surface area (Å²) in [7, 11) is 0. The molecule has 266 valence electrons. The Labute approximate surface area is 328 Å². The molecule has 0 unspecified atom stereocenters. The maximum atomic E-state index is 5.38. The van der Waals surface area contributed by atoms with Crippen molar-refractivity contribution in [3.8, 4) is 67.3 Å². The first-order valence-corrected chi connectivity index (χ1v) is 19.7. The summed E-state index contributed by atoms with van der Waals surface area (Å²) < 4.78 is 0. The Kier molecular flexibility index (Phi) is 6.98. The highest BCUT2D eigenvalue weighted by atomic mass is 14.9. The molecule has 2 aliphatic rings. The van der Waals surface area contributed by atoms with Gasteiger partial charge in [0, 0.05) is 27.5 Å². The molecular formula is C54H40N2. The van der Waals surface area contributed by atoms with E-state index in [2.05, 4.69) is 198 Å². The normalized spacial score (nSPS) is 14.4. The fourth-order valence-corrected chi connectivity index (χ4v) is 9.85. The molecule has 0 saturated heterocycles. The van der Waals surface area contributed by atoms with Gasteiger partial charge in [0.25, 0.3) is 0 Å². The molecule has 2 heteroatoms. The highest BCUT2D eigenvalue weighted by molar-refractivity contribution is 6.05. The van der Waals surface area contributed by atoms with Gasteiger partial charge in [-0.25, -0.2) is 9.97 Å². The monoisotopic (exact) mass is 716 g/mol. The van der Waals surface area contributed by atoms with E-state index in [1.807, 2.05) is 0 Å². The molecular weight excluding hydrogens is 677 g/mol. The molecule has 0 aliphatic heterocycles. The van der Waals surface area contributed by atoms with Crippen molar-refractivity contribution >= 4 is 21.5 Å². The Morgan fingerprint density at radius 3 is 1.68 bits per heavy atom. The van der Waals surface area contributed by atoms with Gasteiger partial charge in [-0.1, -0.05) is 173 Å². The topological polar surface area (TPSA) is 25.8 Å². The Bertz CT molecular complexity index is 3080. The third-order valence-corrected chi connectivity index (χ3v) is 12.7. The molecule has 0 amide bonds. The van der Waals surface area contributed by atoms with E-state index in [0.717, 1.165) is 39.3 Å². The van der Waals surface area contributed by atoms with E-state index in [-0.39, 0.29) is 10.8 Å². The van der Waals surface area contributed by atoms with E-state index >= 15 is 0 Å². The zero-order chi connectivity index (χ0) is 37.8. The van der Waals surface area contributed by atoms with Crippen LogP contribution in [0, 0.1) is 0 Å². The molecule has 1 heterocycles. The van der Waals surface area contributed by atoms with E-state index in [1.165, 1.54) is 71.8 Å². The average molecular weight is 717 g/mol. The van der Waals surface area contributed by atoms with Crippen molar-refractivity contribution in [3.05, 3.63) is 192 Å². The SMILES string of the molecule is CC1(C)c2ccccc2-c2ccc(-c3cc(-c4ccccc4)nc(-c4ccc(-c5ccc6c(c5)C(C)(C)c5c-6ccc6ccccc56)c5ccccc45)n3)cc21. The fraction of sp³-hybridized carbons (Fsp3) is 0.111. The molecule has 1 aromatic heterocycles. The van der Waals surface area contributed by atoms with Crippen LogP contribution in [0.4, 0.5) is 0 Å². The predicted octanol–water partition coefficient (Wildman–Crippen LogP) is 14.1. The zero-order valence-electron chi connectivity index (χ0n) is 32.1. The Balaban J connectivity index is 1.06. The average Bonchev–Trinajstić information content (AvgIpc) is 3.62. The van der Waals surface area contributed by atoms with Crippen LogP contribution in [0.1, 0.15) is 49.9 Å². The first kappa shape index (κ1) is 32.8. The second-order valence-electron chi connectivity index (χ2n) is 16.6. The first-order chi connectivity index (χ1) is 27.3. The van der Waals surface area contributed by atoms with Crippen LogP contribution in [0.5, 0.6) is 0 Å². The summed E-state index contributed by atoms with van der Waals surface area (Å²) in [6.07, 6.45) is 0. The van der Waals surface area contributed by atoms with Gasteiger partial charge in [0.1, 0.15) is 0 Å². The Morgan fingerprint density at radius 1 is 0.339 bits per heavy atom. The third kappa shape index (κ3) is 4.75. The van der Waals surface area contributed by atoms with Crippen molar-refractivity contribution in [1.29, 1.82) is 0 Å². The van der Waals surface area contributed by atoms with Crippen LogP contribution in [0.3, 0.4) is 0 Å². The molecule has 56 heavy (non-hydrogen) atoms. The van der Waals surface area contributed by atoms with Gasteiger partial charge in [-0.15, -0.1) is 0 Å². The minimum Gasteiger partial charge on any atom is -0.228 e. The molecule has 0 spiro atoms. The van der Waals surface area contributed by atoms with Crippen LogP contribution in [-0.2, 0) is 10.8 Å². The highest BCUT2D eigenvalue weighted by Crippen LogP contribution is 2.53. The van der Waals surface area contributed by atoms with Crippen molar-refractivity contribution < 1.29 is 0 Å². The molecule has 0 saturated carbocycles. The maximum Gasteiger partial charge on any atom is 0.161 e. The van der Waals surface area contributed by atoms with Crippen LogP contribution in [-0.4, -0.2) is 9.97 Å². The Morgan fingerprint density at radius 2 is 0.875 bits per heavy atom. The molecule has 0 bridgehead atoms. The maximum absolute atomic E-state index is 5.38. The lowest BCUT2D eigenvalue weighted by Gasteiger charge is -2.24. The van der Waals surface area contributed by atoms with Crippen molar-refractivity contribution in [2.24, 2.45) is 0 Å². The van der Waals surface area contributed by atoms with Crippen LogP contribution in [0.2, 0.25) is 0 Å². The minimum atomic E-state index is -0.130. The van der Waals surface area contributed by atoms with Crippen LogP contribution in [0.25, 0.3) is 88.8 Å². The third-order valence-electron chi connectivity index (χ3n) is 12.7. The molecule has 2 aliphatic carbocycles. The number of rotatable bonds is 4. The second-order valence-corrected chi connectivity index (χ2v) is 16.6. The van der Waals surface area contributed by atoms with Crippen LogP contribution in [0.15, 0.2) is 170 Å². The van der Waals surface area contributed by atoms with Gasteiger partial charge in [0.2, 0.25) is 0 Å². The van der Waals surface area contributed by atoms with Gasteiger partial charge in [-0.2, -0.15) is 0 Å². The number of hydrogen-bond acceptors (Lipinski definition) is 2. The quantitative estimate of drug-likeness (QED) is 0.181. The molecule has 2 nitrogen and oxygen atoms in total. The summed E-state index contributed by atoms with van der Waals surface area (Å²) in [5, 5.41) is 4.96. The minimum absolute atomic E-state index is 0.102. The lowest BCUT2D eigenvalue weighted by Crippen LogP contribution is -2.15. The molecule has 11 rings (SSSR count). The molecule has 9 aromatic rings.